The van der Waals surface area contributed by atoms with Gasteiger partial charge in [-0.25, -0.2) is 9.78 Å². The maximum atomic E-state index is 12.4. The van der Waals surface area contributed by atoms with Gasteiger partial charge in [-0.2, -0.15) is 5.26 Å². The average Bonchev–Trinajstić information content (AvgIpc) is 3.33. The standard InChI is InChI=1S/C30H28N4O5/c1-5-38-27-15-20(14-22(16-31)29-33-24-12-18(2)19(3)13-25(24)34-29)6-11-26(27)39-17-28(35)32-23-9-7-21(8-10-23)30(36)37-4/h6-15H,5,17H2,1-4H3,(H,32,35)(H,33,34)/b22-14+. The van der Waals surface area contributed by atoms with E-state index in [0.717, 1.165) is 22.2 Å². The molecule has 0 radical (unpaired) electrons. The van der Waals surface area contributed by atoms with E-state index in [1.165, 1.54) is 7.11 Å². The first-order valence-corrected chi connectivity index (χ1v) is 12.3. The minimum atomic E-state index is -0.456. The molecule has 0 atom stereocenters. The van der Waals surface area contributed by atoms with Crippen LogP contribution in [0.2, 0.25) is 0 Å². The highest BCUT2D eigenvalue weighted by Gasteiger charge is 2.13. The maximum Gasteiger partial charge on any atom is 0.337 e. The van der Waals surface area contributed by atoms with Gasteiger partial charge in [0.25, 0.3) is 5.91 Å². The topological polar surface area (TPSA) is 126 Å². The number of imidazole rings is 1. The number of nitrogens with zero attached hydrogens (tertiary/aromatic N) is 2. The molecule has 198 valence electrons. The van der Waals surface area contributed by atoms with E-state index in [9.17, 15) is 14.9 Å². The average molecular weight is 525 g/mol. The molecular weight excluding hydrogens is 496 g/mol. The molecule has 0 aliphatic rings. The zero-order valence-electron chi connectivity index (χ0n) is 22.1. The summed E-state index contributed by atoms with van der Waals surface area (Å²) in [7, 11) is 1.30. The molecule has 0 fully saturated rings. The van der Waals surface area contributed by atoms with Crippen LogP contribution in [-0.2, 0) is 9.53 Å². The Morgan fingerprint density at radius 3 is 2.46 bits per heavy atom. The summed E-state index contributed by atoms with van der Waals surface area (Å²) in [6.45, 7) is 6.03. The number of anilines is 1. The molecule has 0 aliphatic heterocycles. The second-order valence-electron chi connectivity index (χ2n) is 8.75. The molecule has 0 unspecified atom stereocenters. The van der Waals surface area contributed by atoms with Gasteiger partial charge in [-0.1, -0.05) is 6.07 Å². The smallest absolute Gasteiger partial charge is 0.337 e. The number of hydrogen-bond donors (Lipinski definition) is 2. The molecule has 3 aromatic carbocycles. The van der Waals surface area contributed by atoms with E-state index in [-0.39, 0.29) is 12.5 Å². The number of amides is 1. The lowest BCUT2D eigenvalue weighted by Gasteiger charge is -2.13. The van der Waals surface area contributed by atoms with Gasteiger partial charge in [0.1, 0.15) is 11.9 Å². The molecule has 0 spiro atoms. The largest absolute Gasteiger partial charge is 0.490 e. The third-order valence-corrected chi connectivity index (χ3v) is 6.00. The molecule has 9 heteroatoms. The highest BCUT2D eigenvalue weighted by Crippen LogP contribution is 2.30. The fraction of sp³-hybridized carbons (Fsp3) is 0.200. The number of H-pyrrole nitrogens is 1. The van der Waals surface area contributed by atoms with Crippen molar-refractivity contribution < 1.29 is 23.8 Å². The number of benzene rings is 3. The second kappa shape index (κ2) is 12.0. The summed E-state index contributed by atoms with van der Waals surface area (Å²) in [4.78, 5) is 31.8. The number of esters is 1. The first-order valence-electron chi connectivity index (χ1n) is 12.3. The summed E-state index contributed by atoms with van der Waals surface area (Å²) in [5.41, 5.74) is 5.92. The minimum absolute atomic E-state index is 0.255. The number of carbonyl (C=O) groups is 2. The van der Waals surface area contributed by atoms with Gasteiger partial charge in [0.2, 0.25) is 0 Å². The molecule has 1 heterocycles. The van der Waals surface area contributed by atoms with Crippen LogP contribution in [0, 0.1) is 25.2 Å². The van der Waals surface area contributed by atoms with Crippen LogP contribution in [0.4, 0.5) is 5.69 Å². The zero-order chi connectivity index (χ0) is 27.9. The van der Waals surface area contributed by atoms with Crippen molar-refractivity contribution in [2.45, 2.75) is 20.8 Å². The van der Waals surface area contributed by atoms with E-state index in [0.29, 0.717) is 46.3 Å². The molecule has 0 saturated carbocycles. The Morgan fingerprint density at radius 1 is 1.03 bits per heavy atom. The van der Waals surface area contributed by atoms with E-state index in [1.54, 1.807) is 48.5 Å². The fourth-order valence-corrected chi connectivity index (χ4v) is 3.87. The molecular formula is C30H28N4O5. The van der Waals surface area contributed by atoms with Gasteiger partial charge >= 0.3 is 5.97 Å². The molecule has 4 aromatic rings. The highest BCUT2D eigenvalue weighted by molar-refractivity contribution is 5.94. The van der Waals surface area contributed by atoms with E-state index < -0.39 is 5.97 Å². The number of ether oxygens (including phenoxy) is 3. The highest BCUT2D eigenvalue weighted by atomic mass is 16.5. The van der Waals surface area contributed by atoms with Crippen molar-refractivity contribution in [2.75, 3.05) is 25.6 Å². The lowest BCUT2D eigenvalue weighted by atomic mass is 10.1. The fourth-order valence-electron chi connectivity index (χ4n) is 3.87. The number of aryl methyl sites for hydroxylation is 2. The van der Waals surface area contributed by atoms with Gasteiger partial charge in [-0.15, -0.1) is 0 Å². The number of fused-ring (bicyclic) bond motifs is 1. The van der Waals surface area contributed by atoms with Gasteiger partial charge < -0.3 is 24.5 Å². The Hall–Kier alpha value is -5.10. The number of methoxy groups -OCH3 is 1. The first-order chi connectivity index (χ1) is 18.8. The predicted molar refractivity (Wildman–Crippen MR) is 149 cm³/mol. The van der Waals surface area contributed by atoms with E-state index in [4.69, 9.17) is 9.47 Å². The van der Waals surface area contributed by atoms with Gasteiger partial charge in [-0.3, -0.25) is 4.79 Å². The van der Waals surface area contributed by atoms with Crippen molar-refractivity contribution in [3.63, 3.8) is 0 Å². The number of aromatic amines is 1. The number of nitriles is 1. The summed E-state index contributed by atoms with van der Waals surface area (Å²) in [6, 6.07) is 17.8. The van der Waals surface area contributed by atoms with Crippen LogP contribution >= 0.6 is 0 Å². The number of nitrogens with one attached hydrogen (secondary N) is 2. The Kier molecular flexibility index (Phi) is 8.27. The lowest BCUT2D eigenvalue weighted by molar-refractivity contribution is -0.118. The number of carbonyl (C=O) groups excluding carboxylic acids is 2. The lowest BCUT2D eigenvalue weighted by Crippen LogP contribution is -2.20. The van der Waals surface area contributed by atoms with Crippen molar-refractivity contribution in [3.8, 4) is 17.6 Å². The Morgan fingerprint density at radius 2 is 1.77 bits per heavy atom. The molecule has 2 N–H and O–H groups in total. The molecule has 9 nitrogen and oxygen atoms in total. The second-order valence-corrected chi connectivity index (χ2v) is 8.75. The summed E-state index contributed by atoms with van der Waals surface area (Å²) in [5.74, 6) is 0.469. The van der Waals surface area contributed by atoms with Crippen LogP contribution in [0.3, 0.4) is 0 Å². The number of aromatic nitrogens is 2. The number of rotatable bonds is 9. The number of allylic oxidation sites excluding steroid dienone is 1. The van der Waals surface area contributed by atoms with Crippen molar-refractivity contribution in [3.05, 3.63) is 82.7 Å². The molecule has 1 aromatic heterocycles. The van der Waals surface area contributed by atoms with Crippen molar-refractivity contribution >= 4 is 40.2 Å². The quantitative estimate of drug-likeness (QED) is 0.220. The van der Waals surface area contributed by atoms with Crippen LogP contribution in [0.5, 0.6) is 11.5 Å². The van der Waals surface area contributed by atoms with Gasteiger partial charge in [0.05, 0.1) is 35.9 Å². The molecule has 0 aliphatic carbocycles. The zero-order valence-corrected chi connectivity index (χ0v) is 22.1. The Bertz CT molecular complexity index is 1560. The molecule has 4 rings (SSSR count). The summed E-state index contributed by atoms with van der Waals surface area (Å²) < 4.78 is 16.1. The van der Waals surface area contributed by atoms with Gasteiger partial charge in [0, 0.05) is 5.69 Å². The molecule has 0 bridgehead atoms. The van der Waals surface area contributed by atoms with Crippen LogP contribution in [0.15, 0.2) is 54.6 Å². The summed E-state index contributed by atoms with van der Waals surface area (Å²) >= 11 is 0. The van der Waals surface area contributed by atoms with Crippen molar-refractivity contribution in [2.24, 2.45) is 0 Å². The molecule has 1 amide bonds. The van der Waals surface area contributed by atoms with Gasteiger partial charge in [-0.05, 0) is 92.1 Å². The van der Waals surface area contributed by atoms with E-state index in [1.807, 2.05) is 32.9 Å². The van der Waals surface area contributed by atoms with E-state index >= 15 is 0 Å². The summed E-state index contributed by atoms with van der Waals surface area (Å²) in [6.07, 6.45) is 1.72. The van der Waals surface area contributed by atoms with Crippen molar-refractivity contribution in [1.82, 2.24) is 9.97 Å². The van der Waals surface area contributed by atoms with Gasteiger partial charge in [0.15, 0.2) is 18.1 Å². The molecule has 0 saturated heterocycles. The number of hydrogen-bond acceptors (Lipinski definition) is 7. The minimum Gasteiger partial charge on any atom is -0.490 e. The van der Waals surface area contributed by atoms with Crippen LogP contribution < -0.4 is 14.8 Å². The van der Waals surface area contributed by atoms with Crippen LogP contribution in [-0.4, -0.2) is 42.2 Å². The SMILES string of the molecule is CCOc1cc(/C=C(\C#N)c2nc3cc(C)c(C)cc3[nH]2)ccc1OCC(=O)Nc1ccc(C(=O)OC)cc1. The van der Waals surface area contributed by atoms with Crippen molar-refractivity contribution in [1.29, 1.82) is 5.26 Å². The summed E-state index contributed by atoms with van der Waals surface area (Å²) in [5, 5.41) is 12.5. The Balaban J connectivity index is 1.48. The normalized spacial score (nSPS) is 11.1. The first kappa shape index (κ1) is 26.9. The third-order valence-electron chi connectivity index (χ3n) is 6.00. The van der Waals surface area contributed by atoms with E-state index in [2.05, 4.69) is 26.1 Å². The predicted octanol–water partition coefficient (Wildman–Crippen LogP) is 5.45. The monoisotopic (exact) mass is 524 g/mol. The van der Waals surface area contributed by atoms with Crippen LogP contribution in [0.25, 0.3) is 22.7 Å². The van der Waals surface area contributed by atoms with Crippen LogP contribution in [0.1, 0.15) is 39.8 Å². The molecule has 39 heavy (non-hydrogen) atoms. The maximum absolute atomic E-state index is 12.4. The third kappa shape index (κ3) is 6.43. The Labute approximate surface area is 226 Å².